The van der Waals surface area contributed by atoms with E-state index in [1.165, 1.54) is 19.2 Å². The second-order valence-electron chi connectivity index (χ2n) is 5.12. The lowest BCUT2D eigenvalue weighted by Crippen LogP contribution is -2.38. The maximum atomic E-state index is 12.3. The molecule has 1 aromatic rings. The van der Waals surface area contributed by atoms with Crippen molar-refractivity contribution >= 4 is 17.5 Å². The summed E-state index contributed by atoms with van der Waals surface area (Å²) in [5.74, 6) is 0.0857. The summed E-state index contributed by atoms with van der Waals surface area (Å²) >= 11 is 5.94. The van der Waals surface area contributed by atoms with E-state index in [1.54, 1.807) is 0 Å². The SMILES string of the molecule is CCN(CCNC(=O)c1cc(C#N)c(Cl)cc1OC)C(C)C. The molecule has 0 aliphatic heterocycles. The molecule has 0 aromatic heterocycles. The summed E-state index contributed by atoms with van der Waals surface area (Å²) in [6.45, 7) is 8.54. The van der Waals surface area contributed by atoms with E-state index in [0.717, 1.165) is 13.1 Å². The molecule has 22 heavy (non-hydrogen) atoms. The first-order valence-corrected chi connectivity index (χ1v) is 7.62. The van der Waals surface area contributed by atoms with Gasteiger partial charge in [0, 0.05) is 25.2 Å². The van der Waals surface area contributed by atoms with Crippen molar-refractivity contribution in [3.63, 3.8) is 0 Å². The number of ether oxygens (including phenoxy) is 1. The van der Waals surface area contributed by atoms with Gasteiger partial charge in [0.15, 0.2) is 0 Å². The van der Waals surface area contributed by atoms with Crippen LogP contribution in [0.5, 0.6) is 5.75 Å². The number of nitrogens with one attached hydrogen (secondary N) is 1. The molecule has 0 spiro atoms. The third-order valence-corrected chi connectivity index (χ3v) is 3.79. The van der Waals surface area contributed by atoms with Gasteiger partial charge in [-0.25, -0.2) is 0 Å². The number of amides is 1. The molecule has 0 bridgehead atoms. The Kier molecular flexibility index (Phi) is 7.16. The van der Waals surface area contributed by atoms with Crippen molar-refractivity contribution in [2.45, 2.75) is 26.8 Å². The van der Waals surface area contributed by atoms with Crippen LogP contribution >= 0.6 is 11.6 Å². The Morgan fingerprint density at radius 1 is 1.50 bits per heavy atom. The number of likely N-dealkylation sites (N-methyl/N-ethyl adjacent to an activating group) is 1. The number of nitriles is 1. The van der Waals surface area contributed by atoms with Crippen LogP contribution in [-0.4, -0.2) is 43.6 Å². The van der Waals surface area contributed by atoms with Gasteiger partial charge in [-0.05, 0) is 26.5 Å². The summed E-state index contributed by atoms with van der Waals surface area (Å²) in [4.78, 5) is 14.5. The highest BCUT2D eigenvalue weighted by atomic mass is 35.5. The van der Waals surface area contributed by atoms with Crippen LogP contribution in [0.4, 0.5) is 0 Å². The van der Waals surface area contributed by atoms with E-state index in [-0.39, 0.29) is 16.5 Å². The lowest BCUT2D eigenvalue weighted by molar-refractivity contribution is 0.0943. The first kappa shape index (κ1) is 18.3. The molecule has 1 rings (SSSR count). The lowest BCUT2D eigenvalue weighted by atomic mass is 10.1. The molecular weight excluding hydrogens is 302 g/mol. The molecule has 0 saturated carbocycles. The molecule has 1 amide bonds. The number of halogens is 1. The first-order chi connectivity index (χ1) is 10.4. The number of hydrogen-bond acceptors (Lipinski definition) is 4. The van der Waals surface area contributed by atoms with E-state index in [2.05, 4.69) is 31.0 Å². The van der Waals surface area contributed by atoms with Crippen LogP contribution < -0.4 is 10.1 Å². The predicted molar refractivity (Wildman–Crippen MR) is 87.4 cm³/mol. The molecule has 0 aliphatic rings. The zero-order chi connectivity index (χ0) is 16.7. The predicted octanol–water partition coefficient (Wildman–Crippen LogP) is 2.68. The van der Waals surface area contributed by atoms with E-state index < -0.39 is 0 Å². The summed E-state index contributed by atoms with van der Waals surface area (Å²) in [7, 11) is 1.46. The summed E-state index contributed by atoms with van der Waals surface area (Å²) in [5, 5.41) is 12.1. The summed E-state index contributed by atoms with van der Waals surface area (Å²) < 4.78 is 5.17. The van der Waals surface area contributed by atoms with E-state index in [0.29, 0.717) is 23.9 Å². The summed E-state index contributed by atoms with van der Waals surface area (Å²) in [6.07, 6.45) is 0. The second kappa shape index (κ2) is 8.62. The fourth-order valence-electron chi connectivity index (χ4n) is 2.18. The average Bonchev–Trinajstić information content (AvgIpc) is 2.50. The van der Waals surface area contributed by atoms with Crippen LogP contribution in [0.3, 0.4) is 0 Å². The van der Waals surface area contributed by atoms with Crippen LogP contribution in [0.1, 0.15) is 36.7 Å². The van der Waals surface area contributed by atoms with Crippen molar-refractivity contribution in [2.24, 2.45) is 0 Å². The minimum atomic E-state index is -0.273. The molecule has 1 N–H and O–H groups in total. The van der Waals surface area contributed by atoms with Gasteiger partial charge in [-0.1, -0.05) is 18.5 Å². The molecule has 0 saturated heterocycles. The molecule has 120 valence electrons. The van der Waals surface area contributed by atoms with Gasteiger partial charge in [0.2, 0.25) is 0 Å². The Hall–Kier alpha value is -1.77. The van der Waals surface area contributed by atoms with E-state index in [1.807, 2.05) is 6.07 Å². The van der Waals surface area contributed by atoms with Gasteiger partial charge in [0.1, 0.15) is 11.8 Å². The van der Waals surface area contributed by atoms with Crippen molar-refractivity contribution in [2.75, 3.05) is 26.7 Å². The van der Waals surface area contributed by atoms with E-state index >= 15 is 0 Å². The minimum Gasteiger partial charge on any atom is -0.496 e. The molecule has 0 atom stereocenters. The van der Waals surface area contributed by atoms with Crippen LogP contribution in [0, 0.1) is 11.3 Å². The Bertz CT molecular complexity index is 567. The lowest BCUT2D eigenvalue weighted by Gasteiger charge is -2.24. The summed E-state index contributed by atoms with van der Waals surface area (Å²) in [5.41, 5.74) is 0.570. The largest absolute Gasteiger partial charge is 0.496 e. The van der Waals surface area contributed by atoms with E-state index in [4.69, 9.17) is 21.6 Å². The maximum Gasteiger partial charge on any atom is 0.255 e. The number of nitrogens with zero attached hydrogens (tertiary/aromatic N) is 2. The van der Waals surface area contributed by atoms with Gasteiger partial charge >= 0.3 is 0 Å². The zero-order valence-corrected chi connectivity index (χ0v) is 14.2. The highest BCUT2D eigenvalue weighted by molar-refractivity contribution is 6.32. The Morgan fingerprint density at radius 3 is 2.68 bits per heavy atom. The normalized spacial score (nSPS) is 10.6. The minimum absolute atomic E-state index is 0.255. The van der Waals surface area contributed by atoms with Crippen LogP contribution in [0.2, 0.25) is 5.02 Å². The van der Waals surface area contributed by atoms with Crippen molar-refractivity contribution in [1.82, 2.24) is 10.2 Å². The fraction of sp³-hybridized carbons (Fsp3) is 0.500. The summed E-state index contributed by atoms with van der Waals surface area (Å²) in [6, 6.07) is 5.33. The molecule has 0 radical (unpaired) electrons. The fourth-order valence-corrected chi connectivity index (χ4v) is 2.37. The van der Waals surface area contributed by atoms with Crippen molar-refractivity contribution < 1.29 is 9.53 Å². The molecule has 5 nitrogen and oxygen atoms in total. The smallest absolute Gasteiger partial charge is 0.255 e. The topological polar surface area (TPSA) is 65.4 Å². The van der Waals surface area contributed by atoms with Crippen molar-refractivity contribution in [3.05, 3.63) is 28.3 Å². The van der Waals surface area contributed by atoms with Gasteiger partial charge in [-0.2, -0.15) is 5.26 Å². The number of rotatable bonds is 7. The molecule has 0 fully saturated rings. The van der Waals surface area contributed by atoms with Crippen LogP contribution in [-0.2, 0) is 0 Å². The monoisotopic (exact) mass is 323 g/mol. The van der Waals surface area contributed by atoms with E-state index in [9.17, 15) is 4.79 Å². The van der Waals surface area contributed by atoms with Crippen LogP contribution in [0.25, 0.3) is 0 Å². The molecule has 6 heteroatoms. The van der Waals surface area contributed by atoms with Gasteiger partial charge < -0.3 is 10.1 Å². The van der Waals surface area contributed by atoms with Crippen LogP contribution in [0.15, 0.2) is 12.1 Å². The highest BCUT2D eigenvalue weighted by Gasteiger charge is 2.16. The zero-order valence-electron chi connectivity index (χ0n) is 13.4. The maximum absolute atomic E-state index is 12.3. The molecular formula is C16H22ClN3O2. The standard InChI is InChI=1S/C16H22ClN3O2/c1-5-20(11(2)3)7-6-19-16(21)13-8-12(10-18)14(17)9-15(13)22-4/h8-9,11H,5-7H2,1-4H3,(H,19,21). The Morgan fingerprint density at radius 2 is 2.18 bits per heavy atom. The molecule has 0 unspecified atom stereocenters. The van der Waals surface area contributed by atoms with Gasteiger partial charge in [-0.15, -0.1) is 0 Å². The van der Waals surface area contributed by atoms with Crippen molar-refractivity contribution in [1.29, 1.82) is 5.26 Å². The number of carbonyl (C=O) groups excluding carboxylic acids is 1. The van der Waals surface area contributed by atoms with Crippen molar-refractivity contribution in [3.8, 4) is 11.8 Å². The first-order valence-electron chi connectivity index (χ1n) is 7.24. The number of hydrogen-bond donors (Lipinski definition) is 1. The molecule has 0 aliphatic carbocycles. The number of carbonyl (C=O) groups is 1. The second-order valence-corrected chi connectivity index (χ2v) is 5.53. The molecule has 0 heterocycles. The third-order valence-electron chi connectivity index (χ3n) is 3.48. The molecule has 1 aromatic carbocycles. The van der Waals surface area contributed by atoms with Gasteiger partial charge in [-0.3, -0.25) is 9.69 Å². The van der Waals surface area contributed by atoms with Gasteiger partial charge in [0.05, 0.1) is 23.3 Å². The average molecular weight is 324 g/mol. The highest BCUT2D eigenvalue weighted by Crippen LogP contribution is 2.26. The quantitative estimate of drug-likeness (QED) is 0.838. The van der Waals surface area contributed by atoms with Gasteiger partial charge in [0.25, 0.3) is 5.91 Å². The number of benzene rings is 1. The Labute approximate surface area is 136 Å². The number of methoxy groups -OCH3 is 1. The third kappa shape index (κ3) is 4.62. The Balaban J connectivity index is 2.79.